The van der Waals surface area contributed by atoms with Crippen LogP contribution in [0.2, 0.25) is 0 Å². The van der Waals surface area contributed by atoms with Crippen molar-refractivity contribution >= 4 is 12.0 Å². The zero-order chi connectivity index (χ0) is 9.68. The Hall–Kier alpha value is -1.64. The van der Waals surface area contributed by atoms with Gasteiger partial charge in [0.2, 0.25) is 0 Å². The van der Waals surface area contributed by atoms with E-state index in [1.54, 1.807) is 18.3 Å². The predicted octanol–water partition coefficient (Wildman–Crippen LogP) is 1.87. The Morgan fingerprint density at radius 2 is 2.00 bits per heavy atom. The second-order valence-corrected chi connectivity index (χ2v) is 2.60. The van der Waals surface area contributed by atoms with Gasteiger partial charge in [0, 0.05) is 5.56 Å². The largest absolute Gasteiger partial charge is 0.399 e. The number of rotatable bonds is 3. The number of hydrogen-bond acceptors (Lipinski definition) is 3. The molecule has 3 heteroatoms. The fourth-order valence-corrected chi connectivity index (χ4v) is 0.917. The molecule has 0 unspecified atom stereocenters. The standard InChI is InChI=1S/C10H11NO2/c1-8(12)10-5-3-9(4-6-10)7-11-13-2/h3-7H,1-2H3/b11-7+. The first kappa shape index (κ1) is 9.45. The van der Waals surface area contributed by atoms with Crippen LogP contribution in [0.1, 0.15) is 22.8 Å². The van der Waals surface area contributed by atoms with E-state index in [0.717, 1.165) is 5.56 Å². The molecule has 0 saturated heterocycles. The molecule has 0 saturated carbocycles. The lowest BCUT2D eigenvalue weighted by Gasteiger charge is -1.95. The van der Waals surface area contributed by atoms with Gasteiger partial charge in [-0.25, -0.2) is 0 Å². The molecule has 13 heavy (non-hydrogen) atoms. The van der Waals surface area contributed by atoms with E-state index in [1.165, 1.54) is 14.0 Å². The molecule has 0 N–H and O–H groups in total. The number of benzene rings is 1. The van der Waals surface area contributed by atoms with Crippen LogP contribution in [-0.4, -0.2) is 19.1 Å². The number of carbonyl (C=O) groups excluding carboxylic acids is 1. The zero-order valence-corrected chi connectivity index (χ0v) is 7.65. The normalized spacial score (nSPS) is 10.3. The first-order chi connectivity index (χ1) is 6.24. The van der Waals surface area contributed by atoms with Gasteiger partial charge >= 0.3 is 0 Å². The molecule has 3 nitrogen and oxygen atoms in total. The van der Waals surface area contributed by atoms with Crippen LogP contribution in [0.5, 0.6) is 0 Å². The summed E-state index contributed by atoms with van der Waals surface area (Å²) in [4.78, 5) is 15.4. The summed E-state index contributed by atoms with van der Waals surface area (Å²) in [5.41, 5.74) is 1.61. The lowest BCUT2D eigenvalue weighted by molar-refractivity contribution is 0.101. The highest BCUT2D eigenvalue weighted by Gasteiger charge is 1.96. The quantitative estimate of drug-likeness (QED) is 0.401. The van der Waals surface area contributed by atoms with Crippen molar-refractivity contribution in [3.63, 3.8) is 0 Å². The minimum absolute atomic E-state index is 0.0650. The highest BCUT2D eigenvalue weighted by atomic mass is 16.6. The summed E-state index contributed by atoms with van der Waals surface area (Å²) in [6.45, 7) is 1.54. The monoisotopic (exact) mass is 177 g/mol. The minimum Gasteiger partial charge on any atom is -0.399 e. The molecule has 0 heterocycles. The van der Waals surface area contributed by atoms with Crippen LogP contribution in [0.3, 0.4) is 0 Å². The smallest absolute Gasteiger partial charge is 0.159 e. The topological polar surface area (TPSA) is 38.7 Å². The molecule has 1 aromatic carbocycles. The van der Waals surface area contributed by atoms with Gasteiger partial charge in [-0.3, -0.25) is 4.79 Å². The van der Waals surface area contributed by atoms with E-state index in [4.69, 9.17) is 0 Å². The van der Waals surface area contributed by atoms with Gasteiger partial charge in [-0.1, -0.05) is 29.4 Å². The molecular formula is C10H11NO2. The number of hydrogen-bond donors (Lipinski definition) is 0. The van der Waals surface area contributed by atoms with Gasteiger partial charge in [0.05, 0.1) is 6.21 Å². The van der Waals surface area contributed by atoms with Crippen molar-refractivity contribution in [3.8, 4) is 0 Å². The van der Waals surface area contributed by atoms with E-state index in [2.05, 4.69) is 9.99 Å². The molecule has 0 radical (unpaired) electrons. The Labute approximate surface area is 77.0 Å². The second kappa shape index (κ2) is 4.40. The van der Waals surface area contributed by atoms with Crippen LogP contribution in [0.25, 0.3) is 0 Å². The van der Waals surface area contributed by atoms with Gasteiger partial charge in [0.1, 0.15) is 7.11 Å². The van der Waals surface area contributed by atoms with Crippen LogP contribution in [0, 0.1) is 0 Å². The van der Waals surface area contributed by atoms with Gasteiger partial charge in [-0.2, -0.15) is 0 Å². The fraction of sp³-hybridized carbons (Fsp3) is 0.200. The molecule has 0 bridgehead atoms. The lowest BCUT2D eigenvalue weighted by atomic mass is 10.1. The summed E-state index contributed by atoms with van der Waals surface area (Å²) < 4.78 is 0. The Balaban J connectivity index is 2.81. The fourth-order valence-electron chi connectivity index (χ4n) is 0.917. The maximum Gasteiger partial charge on any atom is 0.159 e. The van der Waals surface area contributed by atoms with Crippen molar-refractivity contribution in [1.82, 2.24) is 0 Å². The Morgan fingerprint density at radius 1 is 1.38 bits per heavy atom. The molecule has 1 rings (SSSR count). The number of Topliss-reactive ketones (excluding diaryl/α,β-unsaturated/α-hetero) is 1. The van der Waals surface area contributed by atoms with Gasteiger partial charge in [-0.05, 0) is 12.5 Å². The van der Waals surface area contributed by atoms with Gasteiger partial charge in [0.15, 0.2) is 5.78 Å². The Kier molecular flexibility index (Phi) is 3.20. The minimum atomic E-state index is 0.0650. The highest BCUT2D eigenvalue weighted by molar-refractivity contribution is 5.94. The van der Waals surface area contributed by atoms with E-state index < -0.39 is 0 Å². The number of carbonyl (C=O) groups is 1. The molecule has 0 aliphatic carbocycles. The van der Waals surface area contributed by atoms with E-state index in [0.29, 0.717) is 5.56 Å². The molecule has 0 amide bonds. The maximum atomic E-state index is 10.9. The van der Waals surface area contributed by atoms with Gasteiger partial charge in [0.25, 0.3) is 0 Å². The van der Waals surface area contributed by atoms with Crippen molar-refractivity contribution in [2.75, 3.05) is 7.11 Å². The van der Waals surface area contributed by atoms with Gasteiger partial charge in [-0.15, -0.1) is 0 Å². The van der Waals surface area contributed by atoms with Crippen molar-refractivity contribution < 1.29 is 9.63 Å². The van der Waals surface area contributed by atoms with Crippen LogP contribution < -0.4 is 0 Å². The second-order valence-electron chi connectivity index (χ2n) is 2.60. The lowest BCUT2D eigenvalue weighted by Crippen LogP contribution is -1.91. The van der Waals surface area contributed by atoms with Crippen molar-refractivity contribution in [3.05, 3.63) is 35.4 Å². The van der Waals surface area contributed by atoms with E-state index >= 15 is 0 Å². The van der Waals surface area contributed by atoms with Gasteiger partial charge < -0.3 is 4.84 Å². The summed E-state index contributed by atoms with van der Waals surface area (Å²) in [7, 11) is 1.49. The van der Waals surface area contributed by atoms with E-state index in [9.17, 15) is 4.79 Å². The van der Waals surface area contributed by atoms with Crippen LogP contribution in [-0.2, 0) is 4.84 Å². The number of ketones is 1. The predicted molar refractivity (Wildman–Crippen MR) is 51.0 cm³/mol. The molecule has 0 fully saturated rings. The molecule has 0 atom stereocenters. The third-order valence-electron chi connectivity index (χ3n) is 1.62. The third-order valence-corrected chi connectivity index (χ3v) is 1.62. The van der Waals surface area contributed by atoms with Crippen LogP contribution in [0.15, 0.2) is 29.4 Å². The summed E-state index contributed by atoms with van der Waals surface area (Å²) in [6.07, 6.45) is 1.59. The van der Waals surface area contributed by atoms with Crippen LogP contribution >= 0.6 is 0 Å². The first-order valence-electron chi connectivity index (χ1n) is 3.91. The van der Waals surface area contributed by atoms with Crippen LogP contribution in [0.4, 0.5) is 0 Å². The highest BCUT2D eigenvalue weighted by Crippen LogP contribution is 2.02. The molecule has 1 aromatic rings. The summed E-state index contributed by atoms with van der Waals surface area (Å²) >= 11 is 0. The van der Waals surface area contributed by atoms with Crippen molar-refractivity contribution in [1.29, 1.82) is 0 Å². The first-order valence-corrected chi connectivity index (χ1v) is 3.91. The summed E-state index contributed by atoms with van der Waals surface area (Å²) in [6, 6.07) is 7.16. The molecule has 68 valence electrons. The van der Waals surface area contributed by atoms with E-state index in [1.807, 2.05) is 12.1 Å². The SMILES string of the molecule is CO/N=C/c1ccc(C(C)=O)cc1. The molecule has 0 aliphatic rings. The maximum absolute atomic E-state index is 10.9. The molecule has 0 aromatic heterocycles. The number of oxime groups is 1. The number of nitrogens with zero attached hydrogens (tertiary/aromatic N) is 1. The molecular weight excluding hydrogens is 166 g/mol. The van der Waals surface area contributed by atoms with E-state index in [-0.39, 0.29) is 5.78 Å². The molecule has 0 aliphatic heterocycles. The Bertz CT molecular complexity index is 314. The third kappa shape index (κ3) is 2.71. The Morgan fingerprint density at radius 3 is 2.46 bits per heavy atom. The zero-order valence-electron chi connectivity index (χ0n) is 7.65. The average molecular weight is 177 g/mol. The summed E-state index contributed by atoms with van der Waals surface area (Å²) in [5, 5.41) is 3.61. The molecule has 0 spiro atoms. The average Bonchev–Trinajstić information content (AvgIpc) is 2.15. The van der Waals surface area contributed by atoms with Crippen molar-refractivity contribution in [2.24, 2.45) is 5.16 Å². The van der Waals surface area contributed by atoms with Crippen molar-refractivity contribution in [2.45, 2.75) is 6.92 Å². The summed E-state index contributed by atoms with van der Waals surface area (Å²) in [5.74, 6) is 0.0650.